The predicted octanol–water partition coefficient (Wildman–Crippen LogP) is 2.17. The molecule has 0 atom stereocenters. The van der Waals surface area contributed by atoms with E-state index in [4.69, 9.17) is 0 Å². The van der Waals surface area contributed by atoms with E-state index < -0.39 is 0 Å². The number of amides is 1. The first kappa shape index (κ1) is 14.6. The van der Waals surface area contributed by atoms with E-state index in [1.54, 1.807) is 0 Å². The maximum atomic E-state index is 11.9. The third-order valence-corrected chi connectivity index (χ3v) is 3.58. The van der Waals surface area contributed by atoms with Crippen molar-refractivity contribution in [3.05, 3.63) is 36.0 Å². The number of likely N-dealkylation sites (N-methyl/N-ethyl adjacent to an activating group) is 1. The lowest BCUT2D eigenvalue weighted by Crippen LogP contribution is -2.35. The highest BCUT2D eigenvalue weighted by molar-refractivity contribution is 5.84. The van der Waals surface area contributed by atoms with Crippen molar-refractivity contribution >= 4 is 16.8 Å². The second-order valence-corrected chi connectivity index (χ2v) is 4.94. The van der Waals surface area contributed by atoms with E-state index in [2.05, 4.69) is 29.0 Å². The van der Waals surface area contributed by atoms with Crippen LogP contribution in [0, 0.1) is 0 Å². The Kier molecular flexibility index (Phi) is 5.18. The third kappa shape index (κ3) is 3.84. The van der Waals surface area contributed by atoms with Crippen LogP contribution in [0.15, 0.2) is 30.3 Å². The van der Waals surface area contributed by atoms with Gasteiger partial charge in [0.2, 0.25) is 5.91 Å². The van der Waals surface area contributed by atoms with Gasteiger partial charge in [0.1, 0.15) is 0 Å². The molecule has 0 aliphatic rings. The Labute approximate surface area is 120 Å². The zero-order valence-electron chi connectivity index (χ0n) is 12.3. The number of rotatable bonds is 7. The fourth-order valence-electron chi connectivity index (χ4n) is 2.36. The maximum absolute atomic E-state index is 11.9. The molecule has 2 N–H and O–H groups in total. The van der Waals surface area contributed by atoms with E-state index in [0.717, 1.165) is 36.2 Å². The molecule has 0 unspecified atom stereocenters. The van der Waals surface area contributed by atoms with Gasteiger partial charge in [-0.2, -0.15) is 0 Å². The van der Waals surface area contributed by atoms with Crippen molar-refractivity contribution in [2.24, 2.45) is 0 Å². The van der Waals surface area contributed by atoms with E-state index in [0.29, 0.717) is 13.0 Å². The molecule has 1 aromatic heterocycles. The zero-order chi connectivity index (χ0) is 14.4. The number of aromatic nitrogens is 1. The molecule has 0 saturated heterocycles. The number of nitrogens with zero attached hydrogens (tertiary/aromatic N) is 1. The van der Waals surface area contributed by atoms with Crippen LogP contribution >= 0.6 is 0 Å². The number of benzene rings is 1. The first-order chi connectivity index (χ1) is 9.72. The lowest BCUT2D eigenvalue weighted by molar-refractivity contribution is -0.120. The molecule has 0 fully saturated rings. The Hall–Kier alpha value is -1.81. The summed E-state index contributed by atoms with van der Waals surface area (Å²) < 4.78 is 0. The molecule has 4 heteroatoms. The van der Waals surface area contributed by atoms with Crippen LogP contribution in [0.4, 0.5) is 0 Å². The summed E-state index contributed by atoms with van der Waals surface area (Å²) in [6, 6.07) is 10.1. The monoisotopic (exact) mass is 273 g/mol. The van der Waals surface area contributed by atoms with Gasteiger partial charge in [0, 0.05) is 24.3 Å². The van der Waals surface area contributed by atoms with Gasteiger partial charge in [-0.15, -0.1) is 0 Å². The van der Waals surface area contributed by atoms with Gasteiger partial charge in [0.15, 0.2) is 0 Å². The summed E-state index contributed by atoms with van der Waals surface area (Å²) in [6.07, 6.45) is 0.410. The summed E-state index contributed by atoms with van der Waals surface area (Å²) in [4.78, 5) is 17.5. The highest BCUT2D eigenvalue weighted by atomic mass is 16.1. The van der Waals surface area contributed by atoms with Gasteiger partial charge < -0.3 is 15.2 Å². The molecule has 0 aliphatic carbocycles. The van der Waals surface area contributed by atoms with Crippen molar-refractivity contribution < 1.29 is 4.79 Å². The predicted molar refractivity (Wildman–Crippen MR) is 82.8 cm³/mol. The minimum atomic E-state index is 0.0729. The molecular weight excluding hydrogens is 250 g/mol. The van der Waals surface area contributed by atoms with Gasteiger partial charge in [-0.05, 0) is 30.6 Å². The Balaban J connectivity index is 1.82. The van der Waals surface area contributed by atoms with Crippen LogP contribution in [-0.4, -0.2) is 42.0 Å². The lowest BCUT2D eigenvalue weighted by atomic mass is 10.2. The molecule has 0 saturated carbocycles. The summed E-state index contributed by atoms with van der Waals surface area (Å²) in [5.74, 6) is 0.0729. The number of H-pyrrole nitrogens is 1. The topological polar surface area (TPSA) is 48.1 Å². The van der Waals surface area contributed by atoms with E-state index in [-0.39, 0.29) is 5.91 Å². The summed E-state index contributed by atoms with van der Waals surface area (Å²) in [5, 5.41) is 4.13. The van der Waals surface area contributed by atoms with Crippen molar-refractivity contribution in [2.45, 2.75) is 20.3 Å². The molecule has 2 rings (SSSR count). The van der Waals surface area contributed by atoms with Gasteiger partial charge >= 0.3 is 0 Å². The van der Waals surface area contributed by atoms with Crippen LogP contribution in [0.3, 0.4) is 0 Å². The number of aromatic amines is 1. The van der Waals surface area contributed by atoms with Crippen LogP contribution in [-0.2, 0) is 11.2 Å². The SMILES string of the molecule is CCN(CC)CCNC(=O)Cc1cc2ccccc2[nH]1. The second-order valence-electron chi connectivity index (χ2n) is 4.94. The fourth-order valence-corrected chi connectivity index (χ4v) is 2.36. The van der Waals surface area contributed by atoms with Crippen molar-refractivity contribution in [1.82, 2.24) is 15.2 Å². The average Bonchev–Trinajstić information content (AvgIpc) is 2.85. The fraction of sp³-hybridized carbons (Fsp3) is 0.438. The summed E-state index contributed by atoms with van der Waals surface area (Å²) >= 11 is 0. The Bertz CT molecular complexity index is 525. The summed E-state index contributed by atoms with van der Waals surface area (Å²) in [5.41, 5.74) is 2.05. The minimum Gasteiger partial charge on any atom is -0.358 e. The standard InChI is InChI=1S/C16H23N3O/c1-3-19(4-2)10-9-17-16(20)12-14-11-13-7-5-6-8-15(13)18-14/h5-8,11,18H,3-4,9-10,12H2,1-2H3,(H,17,20). The van der Waals surface area contributed by atoms with Crippen molar-refractivity contribution in [1.29, 1.82) is 0 Å². The van der Waals surface area contributed by atoms with Gasteiger partial charge in [-0.3, -0.25) is 4.79 Å². The van der Waals surface area contributed by atoms with Crippen molar-refractivity contribution in [2.75, 3.05) is 26.2 Å². The largest absolute Gasteiger partial charge is 0.358 e. The zero-order valence-corrected chi connectivity index (χ0v) is 12.3. The van der Waals surface area contributed by atoms with Crippen LogP contribution in [0.2, 0.25) is 0 Å². The maximum Gasteiger partial charge on any atom is 0.225 e. The van der Waals surface area contributed by atoms with E-state index >= 15 is 0 Å². The first-order valence-electron chi connectivity index (χ1n) is 7.28. The highest BCUT2D eigenvalue weighted by Crippen LogP contribution is 2.14. The molecule has 1 heterocycles. The first-order valence-corrected chi connectivity index (χ1v) is 7.28. The average molecular weight is 273 g/mol. The minimum absolute atomic E-state index is 0.0729. The molecule has 1 aromatic carbocycles. The smallest absolute Gasteiger partial charge is 0.225 e. The molecule has 0 radical (unpaired) electrons. The molecule has 2 aromatic rings. The Morgan fingerprint density at radius 1 is 1.25 bits per heavy atom. The van der Waals surface area contributed by atoms with Gasteiger partial charge in [0.25, 0.3) is 0 Å². The van der Waals surface area contributed by atoms with Crippen molar-refractivity contribution in [3.8, 4) is 0 Å². The summed E-state index contributed by atoms with van der Waals surface area (Å²) in [6.45, 7) is 7.93. The van der Waals surface area contributed by atoms with Crippen LogP contribution in [0.25, 0.3) is 10.9 Å². The lowest BCUT2D eigenvalue weighted by Gasteiger charge is -2.17. The van der Waals surface area contributed by atoms with Crippen LogP contribution in [0.1, 0.15) is 19.5 Å². The Morgan fingerprint density at radius 3 is 2.70 bits per heavy atom. The number of nitrogens with one attached hydrogen (secondary N) is 2. The van der Waals surface area contributed by atoms with Crippen LogP contribution in [0.5, 0.6) is 0 Å². The normalized spacial score (nSPS) is 11.2. The number of carbonyl (C=O) groups is 1. The molecule has 108 valence electrons. The van der Waals surface area contributed by atoms with Gasteiger partial charge in [0.05, 0.1) is 6.42 Å². The molecule has 0 bridgehead atoms. The molecule has 0 spiro atoms. The molecular formula is C16H23N3O. The third-order valence-electron chi connectivity index (χ3n) is 3.58. The van der Waals surface area contributed by atoms with Crippen molar-refractivity contribution in [3.63, 3.8) is 0 Å². The number of para-hydroxylation sites is 1. The number of fused-ring (bicyclic) bond motifs is 1. The van der Waals surface area contributed by atoms with E-state index in [1.807, 2.05) is 30.3 Å². The molecule has 0 aliphatic heterocycles. The quantitative estimate of drug-likeness (QED) is 0.812. The van der Waals surface area contributed by atoms with E-state index in [1.165, 1.54) is 0 Å². The van der Waals surface area contributed by atoms with Gasteiger partial charge in [-0.25, -0.2) is 0 Å². The number of carbonyl (C=O) groups excluding carboxylic acids is 1. The summed E-state index contributed by atoms with van der Waals surface area (Å²) in [7, 11) is 0. The van der Waals surface area contributed by atoms with E-state index in [9.17, 15) is 4.79 Å². The van der Waals surface area contributed by atoms with Crippen LogP contribution < -0.4 is 5.32 Å². The second kappa shape index (κ2) is 7.10. The number of hydrogen-bond donors (Lipinski definition) is 2. The molecule has 4 nitrogen and oxygen atoms in total. The molecule has 1 amide bonds. The Morgan fingerprint density at radius 2 is 2.00 bits per heavy atom. The van der Waals surface area contributed by atoms with Gasteiger partial charge in [-0.1, -0.05) is 32.0 Å². The highest BCUT2D eigenvalue weighted by Gasteiger charge is 2.06. The number of hydrogen-bond acceptors (Lipinski definition) is 2. The molecule has 20 heavy (non-hydrogen) atoms.